The van der Waals surface area contributed by atoms with E-state index in [9.17, 15) is 18.0 Å². The number of methoxy groups -OCH3 is 1. The first kappa shape index (κ1) is 19.9. The number of rotatable bonds is 4. The molecular weight excluding hydrogens is 393 g/mol. The Morgan fingerprint density at radius 1 is 1.21 bits per heavy atom. The highest BCUT2D eigenvalue weighted by Gasteiger charge is 2.45. The Hall–Kier alpha value is -2.81. The molecule has 1 aliphatic rings. The van der Waals surface area contributed by atoms with Crippen LogP contribution < -0.4 is 15.4 Å². The fraction of sp³-hybridized carbons (Fsp3) is 0.263. The third kappa shape index (κ3) is 3.62. The van der Waals surface area contributed by atoms with E-state index >= 15 is 0 Å². The van der Waals surface area contributed by atoms with Gasteiger partial charge >= 0.3 is 12.1 Å². The standard InChI is InChI=1S/C19H17F3N2O3S/c1-3-27-17(25)14-15(23-18(28)24-16(14)19(20,21)22)13-11-7-5-4-6-10(11)8-9-12(13)26-2/h4-9,15H,3H2,1-2H3,(H2,23,24,28). The van der Waals surface area contributed by atoms with Gasteiger partial charge in [0.05, 0.1) is 25.3 Å². The number of hydrogen-bond donors (Lipinski definition) is 2. The Bertz CT molecular complexity index is 973. The fourth-order valence-electron chi connectivity index (χ4n) is 3.18. The highest BCUT2D eigenvalue weighted by Crippen LogP contribution is 2.41. The number of nitrogens with one attached hydrogen (secondary N) is 2. The number of allylic oxidation sites excluding steroid dienone is 1. The molecule has 28 heavy (non-hydrogen) atoms. The van der Waals surface area contributed by atoms with Crippen molar-refractivity contribution >= 4 is 34.1 Å². The van der Waals surface area contributed by atoms with Crippen LogP contribution in [0.3, 0.4) is 0 Å². The maximum atomic E-state index is 13.7. The summed E-state index contributed by atoms with van der Waals surface area (Å²) >= 11 is 4.99. The molecule has 0 amide bonds. The summed E-state index contributed by atoms with van der Waals surface area (Å²) in [6, 6.07) is 9.35. The number of ether oxygens (including phenoxy) is 2. The summed E-state index contributed by atoms with van der Waals surface area (Å²) in [4.78, 5) is 12.5. The number of carbonyl (C=O) groups excluding carboxylic acids is 1. The van der Waals surface area contributed by atoms with Crippen LogP contribution in [0.25, 0.3) is 10.8 Å². The number of thiocarbonyl (C=S) groups is 1. The normalized spacial score (nSPS) is 17.2. The van der Waals surface area contributed by atoms with E-state index in [2.05, 4.69) is 10.6 Å². The lowest BCUT2D eigenvalue weighted by molar-refractivity contribution is -0.140. The number of carbonyl (C=O) groups is 1. The average Bonchev–Trinajstić information content (AvgIpc) is 2.65. The zero-order chi connectivity index (χ0) is 20.5. The quantitative estimate of drug-likeness (QED) is 0.592. The second-order valence-electron chi connectivity index (χ2n) is 5.94. The smallest absolute Gasteiger partial charge is 0.431 e. The van der Waals surface area contributed by atoms with Crippen LogP contribution in [0.4, 0.5) is 13.2 Å². The summed E-state index contributed by atoms with van der Waals surface area (Å²) in [5.74, 6) is -0.762. The molecular formula is C19H17F3N2O3S. The number of halogens is 3. The number of fused-ring (bicyclic) bond motifs is 1. The average molecular weight is 410 g/mol. The molecule has 3 rings (SSSR count). The molecule has 0 aromatic heterocycles. The van der Waals surface area contributed by atoms with Crippen molar-refractivity contribution in [3.8, 4) is 5.75 Å². The van der Waals surface area contributed by atoms with Crippen molar-refractivity contribution in [3.05, 3.63) is 53.2 Å². The van der Waals surface area contributed by atoms with Crippen molar-refractivity contribution in [3.63, 3.8) is 0 Å². The van der Waals surface area contributed by atoms with Gasteiger partial charge < -0.3 is 20.1 Å². The second-order valence-corrected chi connectivity index (χ2v) is 6.35. The molecule has 0 fully saturated rings. The van der Waals surface area contributed by atoms with E-state index in [1.807, 2.05) is 12.1 Å². The first-order valence-corrected chi connectivity index (χ1v) is 8.80. The van der Waals surface area contributed by atoms with Crippen molar-refractivity contribution < 1.29 is 27.4 Å². The molecule has 2 N–H and O–H groups in total. The van der Waals surface area contributed by atoms with E-state index in [0.717, 1.165) is 5.39 Å². The van der Waals surface area contributed by atoms with Gasteiger partial charge in [-0.1, -0.05) is 30.3 Å². The van der Waals surface area contributed by atoms with Gasteiger partial charge in [0, 0.05) is 5.56 Å². The van der Waals surface area contributed by atoms with E-state index in [1.54, 1.807) is 24.3 Å². The zero-order valence-corrected chi connectivity index (χ0v) is 15.8. The van der Waals surface area contributed by atoms with Crippen molar-refractivity contribution in [2.75, 3.05) is 13.7 Å². The van der Waals surface area contributed by atoms with Crippen molar-refractivity contribution in [1.29, 1.82) is 0 Å². The number of esters is 1. The monoisotopic (exact) mass is 410 g/mol. The van der Waals surface area contributed by atoms with Gasteiger partial charge in [0.1, 0.15) is 11.4 Å². The predicted molar refractivity (Wildman–Crippen MR) is 102 cm³/mol. The largest absolute Gasteiger partial charge is 0.496 e. The molecule has 0 radical (unpaired) electrons. The van der Waals surface area contributed by atoms with Crippen molar-refractivity contribution in [1.82, 2.24) is 10.6 Å². The van der Waals surface area contributed by atoms with Crippen LogP contribution in [-0.2, 0) is 9.53 Å². The summed E-state index contributed by atoms with van der Waals surface area (Å²) in [6.45, 7) is 1.45. The highest BCUT2D eigenvalue weighted by atomic mass is 32.1. The fourth-order valence-corrected chi connectivity index (χ4v) is 3.40. The molecule has 2 aromatic rings. The lowest BCUT2D eigenvalue weighted by Crippen LogP contribution is -2.49. The molecule has 1 heterocycles. The molecule has 9 heteroatoms. The summed E-state index contributed by atoms with van der Waals surface area (Å²) in [5, 5.41) is 6.00. The van der Waals surface area contributed by atoms with Gasteiger partial charge in [-0.3, -0.25) is 0 Å². The van der Waals surface area contributed by atoms with Crippen LogP contribution in [-0.4, -0.2) is 31.0 Å². The summed E-state index contributed by atoms with van der Waals surface area (Å²) in [5.41, 5.74) is -1.47. The maximum Gasteiger partial charge on any atom is 0.431 e. The van der Waals surface area contributed by atoms with Gasteiger partial charge in [-0.05, 0) is 36.0 Å². The minimum atomic E-state index is -4.83. The first-order chi connectivity index (χ1) is 13.3. The van der Waals surface area contributed by atoms with Gasteiger partial charge in [-0.15, -0.1) is 0 Å². The van der Waals surface area contributed by atoms with Crippen LogP contribution in [0.5, 0.6) is 5.75 Å². The highest BCUT2D eigenvalue weighted by molar-refractivity contribution is 7.80. The van der Waals surface area contributed by atoms with Crippen molar-refractivity contribution in [2.24, 2.45) is 0 Å². The Morgan fingerprint density at radius 3 is 2.57 bits per heavy atom. The Balaban J connectivity index is 2.34. The predicted octanol–water partition coefficient (Wildman–Crippen LogP) is 3.75. The summed E-state index contributed by atoms with van der Waals surface area (Å²) < 4.78 is 51.4. The molecule has 5 nitrogen and oxygen atoms in total. The van der Waals surface area contributed by atoms with Gasteiger partial charge in [0.25, 0.3) is 0 Å². The molecule has 2 aromatic carbocycles. The second kappa shape index (κ2) is 7.67. The lowest BCUT2D eigenvalue weighted by atomic mass is 9.90. The molecule has 0 bridgehead atoms. The molecule has 0 aliphatic carbocycles. The molecule has 148 valence electrons. The first-order valence-electron chi connectivity index (χ1n) is 8.39. The Morgan fingerprint density at radius 2 is 1.93 bits per heavy atom. The van der Waals surface area contributed by atoms with Gasteiger partial charge in [-0.25, -0.2) is 4.79 Å². The molecule has 1 unspecified atom stereocenters. The summed E-state index contributed by atoms with van der Waals surface area (Å²) in [6.07, 6.45) is -4.83. The summed E-state index contributed by atoms with van der Waals surface area (Å²) in [7, 11) is 1.41. The third-order valence-corrected chi connectivity index (χ3v) is 4.51. The van der Waals surface area contributed by atoms with E-state index in [1.165, 1.54) is 14.0 Å². The molecule has 1 atom stereocenters. The molecule has 0 spiro atoms. The van der Waals surface area contributed by atoms with E-state index in [-0.39, 0.29) is 11.7 Å². The SMILES string of the molecule is CCOC(=O)C1=C(C(F)(F)F)NC(=S)NC1c1c(OC)ccc2ccccc12. The zero-order valence-electron chi connectivity index (χ0n) is 15.0. The van der Waals surface area contributed by atoms with Crippen LogP contribution >= 0.6 is 12.2 Å². The van der Waals surface area contributed by atoms with Gasteiger partial charge in [-0.2, -0.15) is 13.2 Å². The van der Waals surface area contributed by atoms with Gasteiger partial charge in [0.15, 0.2) is 5.11 Å². The molecule has 0 saturated heterocycles. The lowest BCUT2D eigenvalue weighted by Gasteiger charge is -2.32. The van der Waals surface area contributed by atoms with E-state index in [0.29, 0.717) is 16.7 Å². The van der Waals surface area contributed by atoms with Crippen molar-refractivity contribution in [2.45, 2.75) is 19.1 Å². The van der Waals surface area contributed by atoms with Gasteiger partial charge in [0.2, 0.25) is 0 Å². The minimum Gasteiger partial charge on any atom is -0.496 e. The number of alkyl halides is 3. The van der Waals surface area contributed by atoms with E-state index < -0.39 is 29.5 Å². The third-order valence-electron chi connectivity index (χ3n) is 4.29. The van der Waals surface area contributed by atoms with Crippen LogP contribution in [0.15, 0.2) is 47.7 Å². The molecule has 0 saturated carbocycles. The number of benzene rings is 2. The van der Waals surface area contributed by atoms with E-state index in [4.69, 9.17) is 21.7 Å². The van der Waals surface area contributed by atoms with Crippen LogP contribution in [0.1, 0.15) is 18.5 Å². The van der Waals surface area contributed by atoms with Crippen LogP contribution in [0.2, 0.25) is 0 Å². The Labute approximate surface area is 164 Å². The minimum absolute atomic E-state index is 0.0721. The van der Waals surface area contributed by atoms with Crippen LogP contribution in [0, 0.1) is 0 Å². The maximum absolute atomic E-state index is 13.7. The number of hydrogen-bond acceptors (Lipinski definition) is 4. The molecule has 1 aliphatic heterocycles. The topological polar surface area (TPSA) is 59.6 Å². The Kier molecular flexibility index (Phi) is 5.46.